The maximum absolute atomic E-state index is 11.2. The van der Waals surface area contributed by atoms with Crippen LogP contribution >= 0.6 is 0 Å². The minimum atomic E-state index is -2.97. The molecule has 0 spiro atoms. The van der Waals surface area contributed by atoms with Gasteiger partial charge in [0.15, 0.2) is 15.3 Å². The van der Waals surface area contributed by atoms with Crippen LogP contribution in [0.4, 0.5) is 0 Å². The van der Waals surface area contributed by atoms with E-state index in [0.29, 0.717) is 6.42 Å². The Bertz CT molecular complexity index is 210. The lowest BCUT2D eigenvalue weighted by atomic mass is 10.2. The molecule has 1 aliphatic heterocycles. The van der Waals surface area contributed by atoms with Gasteiger partial charge < -0.3 is 0 Å². The molecule has 1 fully saturated rings. The number of hydrogen-bond donors (Lipinski definition) is 1. The highest BCUT2D eigenvalue weighted by atomic mass is 32.2. The van der Waals surface area contributed by atoms with E-state index in [1.54, 1.807) is 7.05 Å². The molecular formula is C6H13NO3S. The predicted octanol–water partition coefficient (Wildman–Crippen LogP) is 0.0622. The van der Waals surface area contributed by atoms with Crippen LogP contribution < -0.4 is 5.48 Å². The van der Waals surface area contributed by atoms with Crippen LogP contribution in [0, 0.1) is 0 Å². The first-order valence-corrected chi connectivity index (χ1v) is 5.42. The van der Waals surface area contributed by atoms with Gasteiger partial charge in [-0.05, 0) is 19.3 Å². The normalized spacial score (nSPS) is 30.1. The highest BCUT2D eigenvalue weighted by Gasteiger charge is 2.29. The molecule has 0 aromatic rings. The van der Waals surface area contributed by atoms with E-state index in [0.717, 1.165) is 12.8 Å². The molecule has 0 aliphatic carbocycles. The summed E-state index contributed by atoms with van der Waals surface area (Å²) in [6.07, 6.45) is 2.32. The minimum absolute atomic E-state index is 0.263. The molecule has 1 aliphatic rings. The van der Waals surface area contributed by atoms with Gasteiger partial charge >= 0.3 is 0 Å². The molecule has 1 rings (SSSR count). The summed E-state index contributed by atoms with van der Waals surface area (Å²) >= 11 is 0. The van der Waals surface area contributed by atoms with E-state index in [1.165, 1.54) is 0 Å². The second-order valence-corrected chi connectivity index (χ2v) is 4.87. The van der Waals surface area contributed by atoms with E-state index in [1.807, 2.05) is 0 Å². The Kier molecular flexibility index (Phi) is 2.86. The van der Waals surface area contributed by atoms with Gasteiger partial charge in [0, 0.05) is 7.05 Å². The van der Waals surface area contributed by atoms with Gasteiger partial charge in [0.1, 0.15) is 0 Å². The maximum atomic E-state index is 11.2. The molecule has 0 amide bonds. The quantitative estimate of drug-likeness (QED) is 0.609. The average Bonchev–Trinajstić information content (AvgIpc) is 1.94. The third kappa shape index (κ3) is 2.15. The Hall–Kier alpha value is -0.130. The van der Waals surface area contributed by atoms with Crippen LogP contribution in [-0.4, -0.2) is 26.7 Å². The summed E-state index contributed by atoms with van der Waals surface area (Å²) in [6, 6.07) is 0. The van der Waals surface area contributed by atoms with Gasteiger partial charge in [-0.25, -0.2) is 13.9 Å². The van der Waals surface area contributed by atoms with Crippen molar-refractivity contribution in [2.45, 2.75) is 24.7 Å². The van der Waals surface area contributed by atoms with Crippen molar-refractivity contribution in [2.75, 3.05) is 12.8 Å². The van der Waals surface area contributed by atoms with Crippen molar-refractivity contribution in [3.63, 3.8) is 0 Å². The molecule has 0 radical (unpaired) electrons. The first kappa shape index (κ1) is 8.96. The highest BCUT2D eigenvalue weighted by molar-refractivity contribution is 7.91. The van der Waals surface area contributed by atoms with Crippen molar-refractivity contribution in [2.24, 2.45) is 0 Å². The van der Waals surface area contributed by atoms with Crippen molar-refractivity contribution in [3.8, 4) is 0 Å². The largest absolute Gasteiger partial charge is 0.283 e. The molecule has 1 saturated heterocycles. The van der Waals surface area contributed by atoms with Crippen LogP contribution in [0.2, 0.25) is 0 Å². The summed E-state index contributed by atoms with van der Waals surface area (Å²) in [5, 5.41) is 0. The maximum Gasteiger partial charge on any atom is 0.179 e. The van der Waals surface area contributed by atoms with Crippen molar-refractivity contribution < 1.29 is 13.3 Å². The Morgan fingerprint density at radius 3 is 2.73 bits per heavy atom. The van der Waals surface area contributed by atoms with Gasteiger partial charge in [0.05, 0.1) is 5.75 Å². The second kappa shape index (κ2) is 3.51. The van der Waals surface area contributed by atoms with Gasteiger partial charge in [-0.3, -0.25) is 4.84 Å². The summed E-state index contributed by atoms with van der Waals surface area (Å²) in [5.41, 5.74) is 1.79. The van der Waals surface area contributed by atoms with Crippen molar-refractivity contribution in [1.82, 2.24) is 5.48 Å². The van der Waals surface area contributed by atoms with E-state index in [2.05, 4.69) is 5.48 Å². The lowest BCUT2D eigenvalue weighted by Gasteiger charge is -2.20. The average molecular weight is 179 g/mol. The van der Waals surface area contributed by atoms with Gasteiger partial charge in [0.2, 0.25) is 0 Å². The lowest BCUT2D eigenvalue weighted by molar-refractivity contribution is 0.0256. The summed E-state index contributed by atoms with van der Waals surface area (Å²) < 4.78 is 22.4. The number of rotatable bonds is 2. The van der Waals surface area contributed by atoms with Gasteiger partial charge in [-0.1, -0.05) is 0 Å². The molecule has 0 aromatic heterocycles. The molecule has 11 heavy (non-hydrogen) atoms. The van der Waals surface area contributed by atoms with Crippen molar-refractivity contribution >= 4 is 9.84 Å². The van der Waals surface area contributed by atoms with Gasteiger partial charge in [-0.2, -0.15) is 0 Å². The molecular weight excluding hydrogens is 166 g/mol. The van der Waals surface area contributed by atoms with E-state index >= 15 is 0 Å². The molecule has 4 nitrogen and oxygen atoms in total. The van der Waals surface area contributed by atoms with E-state index in [4.69, 9.17) is 4.84 Å². The Morgan fingerprint density at radius 2 is 2.18 bits per heavy atom. The highest BCUT2D eigenvalue weighted by Crippen LogP contribution is 2.19. The molecule has 1 unspecified atom stereocenters. The standard InChI is InChI=1S/C6H13NO3S/c1-7-10-6-4-2-3-5-11(6,8)9/h6-7H,2-5H2,1H3. The number of sulfone groups is 1. The fourth-order valence-corrected chi connectivity index (χ4v) is 2.83. The van der Waals surface area contributed by atoms with Crippen molar-refractivity contribution in [3.05, 3.63) is 0 Å². The van der Waals surface area contributed by atoms with E-state index in [-0.39, 0.29) is 5.75 Å². The topological polar surface area (TPSA) is 55.4 Å². The van der Waals surface area contributed by atoms with Crippen LogP contribution in [0.25, 0.3) is 0 Å². The third-order valence-electron chi connectivity index (χ3n) is 1.77. The van der Waals surface area contributed by atoms with Crippen LogP contribution in [-0.2, 0) is 14.7 Å². The van der Waals surface area contributed by atoms with Crippen LogP contribution in [0.5, 0.6) is 0 Å². The van der Waals surface area contributed by atoms with Crippen molar-refractivity contribution in [1.29, 1.82) is 0 Å². The van der Waals surface area contributed by atoms with Gasteiger partial charge in [-0.15, -0.1) is 0 Å². The molecule has 1 heterocycles. The first-order valence-electron chi connectivity index (χ1n) is 3.71. The molecule has 1 N–H and O–H groups in total. The summed E-state index contributed by atoms with van der Waals surface area (Å²) in [6.45, 7) is 0. The second-order valence-electron chi connectivity index (χ2n) is 2.61. The zero-order valence-corrected chi connectivity index (χ0v) is 7.36. The van der Waals surface area contributed by atoms with E-state index < -0.39 is 15.3 Å². The molecule has 0 aromatic carbocycles. The predicted molar refractivity (Wildman–Crippen MR) is 41.6 cm³/mol. The summed E-state index contributed by atoms with van der Waals surface area (Å²) in [4.78, 5) is 4.86. The number of nitrogens with one attached hydrogen (secondary N) is 1. The fourth-order valence-electron chi connectivity index (χ4n) is 1.19. The van der Waals surface area contributed by atoms with E-state index in [9.17, 15) is 8.42 Å². The third-order valence-corrected chi connectivity index (χ3v) is 3.76. The molecule has 0 bridgehead atoms. The zero-order valence-electron chi connectivity index (χ0n) is 6.54. The number of hydroxylamine groups is 1. The monoisotopic (exact) mass is 179 g/mol. The Labute approximate surface area is 66.8 Å². The van der Waals surface area contributed by atoms with Crippen LogP contribution in [0.3, 0.4) is 0 Å². The zero-order chi connectivity index (χ0) is 8.32. The molecule has 1 atom stereocenters. The lowest BCUT2D eigenvalue weighted by Crippen LogP contribution is -2.34. The first-order chi connectivity index (χ1) is 5.17. The SMILES string of the molecule is CNOC1CCCCS1(=O)=O. The molecule has 0 saturated carbocycles. The minimum Gasteiger partial charge on any atom is -0.283 e. The summed E-state index contributed by atoms with van der Waals surface area (Å²) in [5.74, 6) is 0.263. The Morgan fingerprint density at radius 1 is 1.45 bits per heavy atom. The van der Waals surface area contributed by atoms with Crippen LogP contribution in [0.15, 0.2) is 0 Å². The summed E-state index contributed by atoms with van der Waals surface area (Å²) in [7, 11) is -1.40. The smallest absolute Gasteiger partial charge is 0.179 e. The number of hydrogen-bond acceptors (Lipinski definition) is 4. The van der Waals surface area contributed by atoms with Gasteiger partial charge in [0.25, 0.3) is 0 Å². The molecule has 66 valence electrons. The van der Waals surface area contributed by atoms with Crippen LogP contribution in [0.1, 0.15) is 19.3 Å². The Balaban J connectivity index is 2.60. The molecule has 5 heteroatoms. The fraction of sp³-hybridized carbons (Fsp3) is 1.00.